The van der Waals surface area contributed by atoms with Crippen LogP contribution >= 0.6 is 0 Å². The molecule has 0 aliphatic heterocycles. The molecule has 0 aromatic rings. The lowest BCUT2D eigenvalue weighted by Crippen LogP contribution is -2.42. The smallest absolute Gasteiger partial charge is 0.0518 e. The third-order valence-corrected chi connectivity index (χ3v) is 2.90. The van der Waals surface area contributed by atoms with E-state index in [9.17, 15) is 0 Å². The molecular formula is C11H23NO. The summed E-state index contributed by atoms with van der Waals surface area (Å²) in [4.78, 5) is 0. The monoisotopic (exact) mass is 185 g/mol. The van der Waals surface area contributed by atoms with Gasteiger partial charge in [-0.05, 0) is 33.1 Å². The van der Waals surface area contributed by atoms with E-state index in [0.717, 1.165) is 13.0 Å². The van der Waals surface area contributed by atoms with Gasteiger partial charge in [0.05, 0.1) is 6.10 Å². The predicted octanol–water partition coefficient (Wildman–Crippen LogP) is 2.46. The fourth-order valence-electron chi connectivity index (χ4n) is 2.00. The maximum Gasteiger partial charge on any atom is 0.0518 e. The van der Waals surface area contributed by atoms with E-state index in [0.29, 0.717) is 6.10 Å². The highest BCUT2D eigenvalue weighted by atomic mass is 16.5. The summed E-state index contributed by atoms with van der Waals surface area (Å²) in [5.74, 6) is 0. The first kappa shape index (κ1) is 11.0. The quantitative estimate of drug-likeness (QED) is 0.730. The maximum atomic E-state index is 6.27. The first-order valence-electron chi connectivity index (χ1n) is 5.53. The third kappa shape index (κ3) is 4.10. The molecule has 0 unspecified atom stereocenters. The highest BCUT2D eigenvalue weighted by Gasteiger charge is 2.26. The van der Waals surface area contributed by atoms with Crippen LogP contribution in [-0.4, -0.2) is 18.2 Å². The Morgan fingerprint density at radius 3 is 2.38 bits per heavy atom. The number of nitrogens with two attached hydrogens (primary N) is 1. The summed E-state index contributed by atoms with van der Waals surface area (Å²) in [6.45, 7) is 4.97. The molecule has 0 saturated heterocycles. The Morgan fingerprint density at radius 2 is 1.85 bits per heavy atom. The molecule has 0 spiro atoms. The molecule has 2 N–H and O–H groups in total. The van der Waals surface area contributed by atoms with Crippen molar-refractivity contribution < 1.29 is 4.74 Å². The van der Waals surface area contributed by atoms with Crippen LogP contribution in [0, 0.1) is 0 Å². The van der Waals surface area contributed by atoms with Gasteiger partial charge in [-0.1, -0.05) is 19.3 Å². The van der Waals surface area contributed by atoms with Gasteiger partial charge in [-0.2, -0.15) is 0 Å². The summed E-state index contributed by atoms with van der Waals surface area (Å²) < 4.78 is 5.53. The summed E-state index contributed by atoms with van der Waals surface area (Å²) in [6.07, 6.45) is 7.72. The lowest BCUT2D eigenvalue weighted by atomic mass is 9.80. The first-order valence-corrected chi connectivity index (χ1v) is 5.53. The second-order valence-electron chi connectivity index (χ2n) is 4.59. The molecule has 0 bridgehead atoms. The third-order valence-electron chi connectivity index (χ3n) is 2.90. The van der Waals surface area contributed by atoms with E-state index in [1.807, 2.05) is 0 Å². The second kappa shape index (κ2) is 4.97. The van der Waals surface area contributed by atoms with Crippen LogP contribution in [0.3, 0.4) is 0 Å². The first-order chi connectivity index (χ1) is 6.12. The van der Waals surface area contributed by atoms with Crippen molar-refractivity contribution in [1.29, 1.82) is 0 Å². The van der Waals surface area contributed by atoms with Crippen LogP contribution in [0.5, 0.6) is 0 Å². The summed E-state index contributed by atoms with van der Waals surface area (Å²) in [6, 6.07) is 0. The molecule has 0 radical (unpaired) electrons. The van der Waals surface area contributed by atoms with Crippen LogP contribution in [0.2, 0.25) is 0 Å². The minimum atomic E-state index is 0.0904. The molecule has 0 heterocycles. The van der Waals surface area contributed by atoms with Crippen LogP contribution < -0.4 is 5.73 Å². The molecule has 1 saturated carbocycles. The molecule has 0 atom stereocenters. The van der Waals surface area contributed by atoms with Gasteiger partial charge in [-0.25, -0.2) is 0 Å². The average molecular weight is 185 g/mol. The van der Waals surface area contributed by atoms with Crippen LogP contribution in [0.25, 0.3) is 0 Å². The standard InChI is InChI=1S/C11H23NO/c1-10(2)13-9-8-11(12)6-4-3-5-7-11/h10H,3-9,12H2,1-2H3. The zero-order valence-corrected chi connectivity index (χ0v) is 9.01. The van der Waals surface area contributed by atoms with Crippen LogP contribution in [-0.2, 0) is 4.74 Å². The number of ether oxygens (including phenoxy) is 1. The van der Waals surface area contributed by atoms with Gasteiger partial charge in [0.25, 0.3) is 0 Å². The minimum absolute atomic E-state index is 0.0904. The highest BCUT2D eigenvalue weighted by molar-refractivity contribution is 4.86. The molecular weight excluding hydrogens is 162 g/mol. The van der Waals surface area contributed by atoms with Gasteiger partial charge < -0.3 is 10.5 Å². The topological polar surface area (TPSA) is 35.2 Å². The molecule has 78 valence electrons. The van der Waals surface area contributed by atoms with Crippen LogP contribution in [0.4, 0.5) is 0 Å². The van der Waals surface area contributed by atoms with Gasteiger partial charge in [-0.15, -0.1) is 0 Å². The Balaban J connectivity index is 2.17. The van der Waals surface area contributed by atoms with Crippen molar-refractivity contribution >= 4 is 0 Å². The Morgan fingerprint density at radius 1 is 1.23 bits per heavy atom. The zero-order chi connectivity index (χ0) is 9.73. The van der Waals surface area contributed by atoms with Crippen molar-refractivity contribution in [2.24, 2.45) is 5.73 Å². The Bertz CT molecular complexity index is 139. The van der Waals surface area contributed by atoms with Crippen molar-refractivity contribution in [1.82, 2.24) is 0 Å². The van der Waals surface area contributed by atoms with Crippen molar-refractivity contribution in [3.63, 3.8) is 0 Å². The van der Waals surface area contributed by atoms with Gasteiger partial charge in [0.1, 0.15) is 0 Å². The molecule has 1 rings (SSSR count). The van der Waals surface area contributed by atoms with E-state index >= 15 is 0 Å². The van der Waals surface area contributed by atoms with Gasteiger partial charge >= 0.3 is 0 Å². The van der Waals surface area contributed by atoms with Crippen molar-refractivity contribution in [2.45, 2.75) is 64.0 Å². The normalized spacial score (nSPS) is 22.2. The van der Waals surface area contributed by atoms with Gasteiger partial charge in [0.2, 0.25) is 0 Å². The molecule has 2 heteroatoms. The van der Waals surface area contributed by atoms with E-state index in [1.54, 1.807) is 0 Å². The van der Waals surface area contributed by atoms with Crippen LogP contribution in [0.1, 0.15) is 52.4 Å². The van der Waals surface area contributed by atoms with E-state index in [1.165, 1.54) is 32.1 Å². The summed E-state index contributed by atoms with van der Waals surface area (Å²) in [5, 5.41) is 0. The molecule has 0 aromatic carbocycles. The van der Waals surface area contributed by atoms with Crippen molar-refractivity contribution in [2.75, 3.05) is 6.61 Å². The number of hydrogen-bond acceptors (Lipinski definition) is 2. The Kier molecular flexibility index (Phi) is 4.20. The minimum Gasteiger partial charge on any atom is -0.379 e. The fourth-order valence-corrected chi connectivity index (χ4v) is 2.00. The molecule has 1 fully saturated rings. The summed E-state index contributed by atoms with van der Waals surface area (Å²) >= 11 is 0. The largest absolute Gasteiger partial charge is 0.379 e. The fraction of sp³-hybridized carbons (Fsp3) is 1.00. The summed E-state index contributed by atoms with van der Waals surface area (Å²) in [7, 11) is 0. The number of hydrogen-bond donors (Lipinski definition) is 1. The maximum absolute atomic E-state index is 6.27. The zero-order valence-electron chi connectivity index (χ0n) is 9.01. The molecule has 0 amide bonds. The molecule has 2 nitrogen and oxygen atoms in total. The van der Waals surface area contributed by atoms with E-state index in [2.05, 4.69) is 13.8 Å². The lowest BCUT2D eigenvalue weighted by molar-refractivity contribution is 0.0595. The number of rotatable bonds is 4. The van der Waals surface area contributed by atoms with Crippen LogP contribution in [0.15, 0.2) is 0 Å². The van der Waals surface area contributed by atoms with E-state index < -0.39 is 0 Å². The van der Waals surface area contributed by atoms with Gasteiger partial charge in [0.15, 0.2) is 0 Å². The summed E-state index contributed by atoms with van der Waals surface area (Å²) in [5.41, 5.74) is 6.36. The van der Waals surface area contributed by atoms with Gasteiger partial charge in [0, 0.05) is 12.1 Å². The molecule has 1 aliphatic carbocycles. The predicted molar refractivity (Wildman–Crippen MR) is 55.7 cm³/mol. The van der Waals surface area contributed by atoms with Crippen molar-refractivity contribution in [3.8, 4) is 0 Å². The average Bonchev–Trinajstić information content (AvgIpc) is 2.04. The van der Waals surface area contributed by atoms with E-state index in [-0.39, 0.29) is 5.54 Å². The highest BCUT2D eigenvalue weighted by Crippen LogP contribution is 2.28. The molecule has 0 aromatic heterocycles. The lowest BCUT2D eigenvalue weighted by Gasteiger charge is -2.33. The second-order valence-corrected chi connectivity index (χ2v) is 4.59. The Hall–Kier alpha value is -0.0800. The molecule has 13 heavy (non-hydrogen) atoms. The SMILES string of the molecule is CC(C)OCCC1(N)CCCCC1. The van der Waals surface area contributed by atoms with Crippen molar-refractivity contribution in [3.05, 3.63) is 0 Å². The van der Waals surface area contributed by atoms with E-state index in [4.69, 9.17) is 10.5 Å². The Labute approximate surface area is 81.8 Å². The molecule has 1 aliphatic rings. The van der Waals surface area contributed by atoms with Gasteiger partial charge in [-0.3, -0.25) is 0 Å².